The highest BCUT2D eigenvalue weighted by Crippen LogP contribution is 2.38. The summed E-state index contributed by atoms with van der Waals surface area (Å²) in [6.45, 7) is 8.36. The van der Waals surface area contributed by atoms with Gasteiger partial charge in [0.2, 0.25) is 11.8 Å². The minimum absolute atomic E-state index is 0.00264. The number of hydrogen-bond acceptors (Lipinski definition) is 5. The molecule has 0 spiro atoms. The predicted octanol–water partition coefficient (Wildman–Crippen LogP) is 2.62. The first-order chi connectivity index (χ1) is 12.9. The molecule has 1 aromatic rings. The maximum atomic E-state index is 12.3. The third-order valence-electron chi connectivity index (χ3n) is 4.51. The van der Waals surface area contributed by atoms with Crippen LogP contribution in [-0.4, -0.2) is 60.9 Å². The lowest BCUT2D eigenvalue weighted by atomic mass is 10.1. The zero-order valence-corrected chi connectivity index (χ0v) is 17.2. The monoisotopic (exact) mass is 411 g/mol. The number of nitrogens with one attached hydrogen (secondary N) is 2. The normalized spacial score (nSPS) is 23.0. The average molecular weight is 412 g/mol. The summed E-state index contributed by atoms with van der Waals surface area (Å²) in [5.41, 5.74) is 0.704. The van der Waals surface area contributed by atoms with Crippen molar-refractivity contribution < 1.29 is 14.3 Å². The van der Waals surface area contributed by atoms with Gasteiger partial charge in [-0.15, -0.1) is 11.8 Å². The molecule has 1 aromatic carbocycles. The molecule has 8 heteroatoms. The number of benzene rings is 1. The molecule has 148 valence electrons. The number of carbonyl (C=O) groups is 2. The number of anilines is 1. The van der Waals surface area contributed by atoms with Crippen LogP contribution in [-0.2, 0) is 14.3 Å². The number of nitrogens with zero attached hydrogens (tertiary/aromatic N) is 1. The van der Waals surface area contributed by atoms with Crippen LogP contribution >= 0.6 is 23.4 Å². The first-order valence-corrected chi connectivity index (χ1v) is 10.5. The molecule has 0 aromatic heterocycles. The summed E-state index contributed by atoms with van der Waals surface area (Å²) in [6, 6.07) is 5.37. The third-order valence-corrected chi connectivity index (χ3v) is 6.02. The number of morpholine rings is 1. The van der Waals surface area contributed by atoms with Crippen LogP contribution in [0.25, 0.3) is 0 Å². The minimum Gasteiger partial charge on any atom is -0.374 e. The third kappa shape index (κ3) is 5.85. The van der Waals surface area contributed by atoms with Gasteiger partial charge in [0, 0.05) is 42.5 Å². The van der Waals surface area contributed by atoms with Crippen molar-refractivity contribution in [3.63, 3.8) is 0 Å². The largest absolute Gasteiger partial charge is 0.374 e. The molecule has 2 heterocycles. The first-order valence-electron chi connectivity index (χ1n) is 9.28. The van der Waals surface area contributed by atoms with E-state index in [-0.39, 0.29) is 24.3 Å². The van der Waals surface area contributed by atoms with Gasteiger partial charge < -0.3 is 15.4 Å². The van der Waals surface area contributed by atoms with Gasteiger partial charge in [-0.05, 0) is 24.1 Å². The van der Waals surface area contributed by atoms with E-state index in [4.69, 9.17) is 16.3 Å². The number of hydrogen-bond donors (Lipinski definition) is 2. The Morgan fingerprint density at radius 1 is 1.48 bits per heavy atom. The van der Waals surface area contributed by atoms with Crippen LogP contribution in [0.2, 0.25) is 5.02 Å². The van der Waals surface area contributed by atoms with Gasteiger partial charge in [-0.1, -0.05) is 25.4 Å². The van der Waals surface area contributed by atoms with Crippen molar-refractivity contribution in [2.24, 2.45) is 5.92 Å². The second-order valence-corrected chi connectivity index (χ2v) is 9.07. The van der Waals surface area contributed by atoms with Gasteiger partial charge in [-0.25, -0.2) is 0 Å². The van der Waals surface area contributed by atoms with Crippen LogP contribution < -0.4 is 10.6 Å². The molecule has 0 aliphatic carbocycles. The summed E-state index contributed by atoms with van der Waals surface area (Å²) >= 11 is 7.36. The molecule has 2 N–H and O–H groups in total. The fourth-order valence-electron chi connectivity index (χ4n) is 3.31. The maximum absolute atomic E-state index is 12.3. The summed E-state index contributed by atoms with van der Waals surface area (Å²) in [5, 5.41) is 5.88. The predicted molar refractivity (Wildman–Crippen MR) is 108 cm³/mol. The SMILES string of the molecule is CC(C)CN1CCO[C@H](CNC(=O)C[C@H]2Sc3ccc(Cl)cc3NC2=O)C1. The molecule has 0 bridgehead atoms. The summed E-state index contributed by atoms with van der Waals surface area (Å²) in [7, 11) is 0. The molecule has 0 saturated carbocycles. The minimum atomic E-state index is -0.441. The number of carbonyl (C=O) groups excluding carboxylic acids is 2. The van der Waals surface area contributed by atoms with E-state index >= 15 is 0 Å². The van der Waals surface area contributed by atoms with Gasteiger partial charge in [-0.3, -0.25) is 14.5 Å². The van der Waals surface area contributed by atoms with Gasteiger partial charge in [0.1, 0.15) is 0 Å². The van der Waals surface area contributed by atoms with Crippen molar-refractivity contribution in [1.29, 1.82) is 0 Å². The fraction of sp³-hybridized carbons (Fsp3) is 0.579. The van der Waals surface area contributed by atoms with Crippen LogP contribution in [0.4, 0.5) is 5.69 Å². The zero-order valence-electron chi connectivity index (χ0n) is 15.7. The van der Waals surface area contributed by atoms with Crippen molar-refractivity contribution in [3.8, 4) is 0 Å². The maximum Gasteiger partial charge on any atom is 0.238 e. The van der Waals surface area contributed by atoms with E-state index < -0.39 is 5.25 Å². The van der Waals surface area contributed by atoms with E-state index in [1.54, 1.807) is 12.1 Å². The average Bonchev–Trinajstić information content (AvgIpc) is 2.60. The Bertz CT molecular complexity index is 701. The van der Waals surface area contributed by atoms with Gasteiger partial charge in [0.25, 0.3) is 0 Å². The lowest BCUT2D eigenvalue weighted by molar-refractivity contribution is -0.124. The smallest absolute Gasteiger partial charge is 0.238 e. The molecular formula is C19H26ClN3O3S. The van der Waals surface area contributed by atoms with Gasteiger partial charge in [-0.2, -0.15) is 0 Å². The highest BCUT2D eigenvalue weighted by atomic mass is 35.5. The van der Waals surface area contributed by atoms with Crippen molar-refractivity contribution in [1.82, 2.24) is 10.2 Å². The number of fused-ring (bicyclic) bond motifs is 1. The Balaban J connectivity index is 1.47. The Hall–Kier alpha value is -1.28. The molecule has 2 amide bonds. The van der Waals surface area contributed by atoms with Crippen molar-refractivity contribution in [2.75, 3.05) is 38.1 Å². The second-order valence-electron chi connectivity index (χ2n) is 7.39. The Morgan fingerprint density at radius 3 is 3.07 bits per heavy atom. The number of amides is 2. The van der Waals surface area contributed by atoms with E-state index in [0.717, 1.165) is 24.5 Å². The lowest BCUT2D eigenvalue weighted by Gasteiger charge is -2.34. The highest BCUT2D eigenvalue weighted by molar-refractivity contribution is 8.01. The lowest BCUT2D eigenvalue weighted by Crippen LogP contribution is -2.48. The number of ether oxygens (including phenoxy) is 1. The quantitative estimate of drug-likeness (QED) is 0.753. The summed E-state index contributed by atoms with van der Waals surface area (Å²) in [5.74, 6) is 0.310. The van der Waals surface area contributed by atoms with Crippen LogP contribution in [0.5, 0.6) is 0 Å². The van der Waals surface area contributed by atoms with E-state index in [1.165, 1.54) is 11.8 Å². The van der Waals surface area contributed by atoms with Crippen LogP contribution in [0.1, 0.15) is 20.3 Å². The Morgan fingerprint density at radius 2 is 2.30 bits per heavy atom. The van der Waals surface area contributed by atoms with Gasteiger partial charge in [0.05, 0.1) is 23.6 Å². The summed E-state index contributed by atoms with van der Waals surface area (Å²) < 4.78 is 5.76. The van der Waals surface area contributed by atoms with Crippen molar-refractivity contribution >= 4 is 40.9 Å². The molecule has 1 fully saturated rings. The van der Waals surface area contributed by atoms with Crippen molar-refractivity contribution in [3.05, 3.63) is 23.2 Å². The Labute approximate surface area is 169 Å². The van der Waals surface area contributed by atoms with Crippen LogP contribution in [0.3, 0.4) is 0 Å². The van der Waals surface area contributed by atoms with E-state index in [0.29, 0.717) is 29.8 Å². The van der Waals surface area contributed by atoms with Crippen LogP contribution in [0.15, 0.2) is 23.1 Å². The highest BCUT2D eigenvalue weighted by Gasteiger charge is 2.29. The van der Waals surface area contributed by atoms with E-state index in [2.05, 4.69) is 29.4 Å². The van der Waals surface area contributed by atoms with E-state index in [9.17, 15) is 9.59 Å². The fourth-order valence-corrected chi connectivity index (χ4v) is 4.57. The van der Waals surface area contributed by atoms with Crippen molar-refractivity contribution in [2.45, 2.75) is 36.5 Å². The number of thioether (sulfide) groups is 1. The second kappa shape index (κ2) is 9.28. The molecular weight excluding hydrogens is 386 g/mol. The van der Waals surface area contributed by atoms with E-state index in [1.807, 2.05) is 6.07 Å². The molecule has 0 unspecified atom stereocenters. The Kier molecular flexibility index (Phi) is 7.03. The topological polar surface area (TPSA) is 70.7 Å². The summed E-state index contributed by atoms with van der Waals surface area (Å²) in [4.78, 5) is 27.9. The molecule has 2 aliphatic rings. The molecule has 1 saturated heterocycles. The zero-order chi connectivity index (χ0) is 19.4. The number of halogens is 1. The molecule has 3 rings (SSSR count). The summed E-state index contributed by atoms with van der Waals surface area (Å²) in [6.07, 6.45) is 0.137. The molecule has 6 nitrogen and oxygen atoms in total. The van der Waals surface area contributed by atoms with Crippen LogP contribution in [0, 0.1) is 5.92 Å². The van der Waals surface area contributed by atoms with Gasteiger partial charge in [0.15, 0.2) is 0 Å². The molecule has 2 aliphatic heterocycles. The van der Waals surface area contributed by atoms with Gasteiger partial charge >= 0.3 is 0 Å². The number of rotatable bonds is 6. The molecule has 0 radical (unpaired) electrons. The molecule has 27 heavy (non-hydrogen) atoms. The molecule has 2 atom stereocenters. The first kappa shape index (κ1) is 20.5. The standard InChI is InChI=1S/C19H26ClN3O3S/c1-12(2)10-23-5-6-26-14(11-23)9-21-18(24)8-17-19(25)22-15-7-13(20)3-4-16(15)27-17/h3-4,7,12,14,17H,5-6,8-11H2,1-2H3,(H,21,24)(H,22,25)/t14-,17-/m1/s1.